The van der Waals surface area contributed by atoms with E-state index in [1.807, 2.05) is 27.7 Å². The van der Waals surface area contributed by atoms with Gasteiger partial charge in [0.2, 0.25) is 5.91 Å². The SMILES string of the molecule is CCNC(=NCC(=O)NC(C)(C)C)NCCc1ccc(F)cc1. The highest BCUT2D eigenvalue weighted by atomic mass is 19.1. The van der Waals surface area contributed by atoms with Crippen LogP contribution in [-0.2, 0) is 11.2 Å². The zero-order valence-electron chi connectivity index (χ0n) is 14.4. The minimum Gasteiger partial charge on any atom is -0.357 e. The molecule has 0 aliphatic carbocycles. The molecule has 23 heavy (non-hydrogen) atoms. The molecule has 0 saturated carbocycles. The van der Waals surface area contributed by atoms with Crippen LogP contribution in [0, 0.1) is 5.82 Å². The molecule has 0 aliphatic rings. The zero-order valence-corrected chi connectivity index (χ0v) is 14.4. The molecule has 0 unspecified atom stereocenters. The molecule has 0 aliphatic heterocycles. The number of nitrogens with zero attached hydrogens (tertiary/aromatic N) is 1. The number of hydrogen-bond donors (Lipinski definition) is 3. The Bertz CT molecular complexity index is 520. The maximum atomic E-state index is 12.8. The molecule has 1 rings (SSSR count). The van der Waals surface area contributed by atoms with Crippen molar-refractivity contribution in [3.8, 4) is 0 Å². The van der Waals surface area contributed by atoms with Crippen molar-refractivity contribution in [1.29, 1.82) is 0 Å². The quantitative estimate of drug-likeness (QED) is 0.553. The van der Waals surface area contributed by atoms with Crippen LogP contribution in [0.2, 0.25) is 0 Å². The molecule has 0 heterocycles. The Balaban J connectivity index is 2.45. The van der Waals surface area contributed by atoms with Crippen molar-refractivity contribution in [3.05, 3.63) is 35.6 Å². The maximum absolute atomic E-state index is 12.8. The van der Waals surface area contributed by atoms with E-state index in [0.29, 0.717) is 19.0 Å². The van der Waals surface area contributed by atoms with Crippen LogP contribution < -0.4 is 16.0 Å². The normalized spacial score (nSPS) is 12.0. The largest absolute Gasteiger partial charge is 0.357 e. The number of carbonyl (C=O) groups excluding carboxylic acids is 1. The van der Waals surface area contributed by atoms with Crippen LogP contribution in [0.5, 0.6) is 0 Å². The van der Waals surface area contributed by atoms with Crippen molar-refractivity contribution in [1.82, 2.24) is 16.0 Å². The van der Waals surface area contributed by atoms with Gasteiger partial charge in [-0.1, -0.05) is 12.1 Å². The zero-order chi connectivity index (χ0) is 17.3. The summed E-state index contributed by atoms with van der Waals surface area (Å²) in [5.74, 6) is 0.244. The lowest BCUT2D eigenvalue weighted by Crippen LogP contribution is -2.43. The topological polar surface area (TPSA) is 65.5 Å². The van der Waals surface area contributed by atoms with Crippen LogP contribution >= 0.6 is 0 Å². The van der Waals surface area contributed by atoms with Crippen molar-refractivity contribution in [2.45, 2.75) is 39.7 Å². The summed E-state index contributed by atoms with van der Waals surface area (Å²) in [4.78, 5) is 16.1. The first-order valence-electron chi connectivity index (χ1n) is 7.88. The molecule has 1 aromatic carbocycles. The van der Waals surface area contributed by atoms with Crippen LogP contribution in [0.3, 0.4) is 0 Å². The summed E-state index contributed by atoms with van der Waals surface area (Å²) < 4.78 is 12.8. The summed E-state index contributed by atoms with van der Waals surface area (Å²) in [7, 11) is 0. The lowest BCUT2D eigenvalue weighted by atomic mass is 10.1. The molecule has 6 heteroatoms. The second kappa shape index (κ2) is 9.12. The molecule has 3 N–H and O–H groups in total. The second-order valence-corrected chi connectivity index (χ2v) is 6.30. The van der Waals surface area contributed by atoms with Gasteiger partial charge in [0, 0.05) is 18.6 Å². The first-order valence-corrected chi connectivity index (χ1v) is 7.88. The Hall–Kier alpha value is -2.11. The lowest BCUT2D eigenvalue weighted by Gasteiger charge is -2.20. The highest BCUT2D eigenvalue weighted by Crippen LogP contribution is 2.02. The Labute approximate surface area is 137 Å². The highest BCUT2D eigenvalue weighted by Gasteiger charge is 2.13. The predicted molar refractivity (Wildman–Crippen MR) is 92.0 cm³/mol. The number of hydrogen-bond acceptors (Lipinski definition) is 2. The molecule has 0 aromatic heterocycles. The fourth-order valence-electron chi connectivity index (χ4n) is 1.93. The molecule has 128 valence electrons. The highest BCUT2D eigenvalue weighted by molar-refractivity contribution is 5.85. The Morgan fingerprint density at radius 1 is 1.17 bits per heavy atom. The van der Waals surface area contributed by atoms with E-state index in [2.05, 4.69) is 20.9 Å². The Morgan fingerprint density at radius 2 is 1.83 bits per heavy atom. The summed E-state index contributed by atoms with van der Waals surface area (Å²) in [6, 6.07) is 6.42. The first-order chi connectivity index (χ1) is 10.8. The number of nitrogens with one attached hydrogen (secondary N) is 3. The van der Waals surface area contributed by atoms with E-state index in [0.717, 1.165) is 12.0 Å². The molecule has 0 bridgehead atoms. The summed E-state index contributed by atoms with van der Waals surface area (Å²) in [6.07, 6.45) is 0.749. The lowest BCUT2D eigenvalue weighted by molar-refractivity contribution is -0.121. The predicted octanol–water partition coefficient (Wildman–Crippen LogP) is 1.84. The van der Waals surface area contributed by atoms with Crippen LogP contribution in [0.4, 0.5) is 4.39 Å². The van der Waals surface area contributed by atoms with Crippen LogP contribution in [-0.4, -0.2) is 37.0 Å². The molecule has 0 fully saturated rings. The van der Waals surface area contributed by atoms with Gasteiger partial charge in [0.1, 0.15) is 12.4 Å². The number of guanidine groups is 1. The minimum absolute atomic E-state index is 0.0726. The van der Waals surface area contributed by atoms with E-state index in [-0.39, 0.29) is 23.8 Å². The van der Waals surface area contributed by atoms with Gasteiger partial charge in [-0.15, -0.1) is 0 Å². The summed E-state index contributed by atoms with van der Waals surface area (Å²) in [5.41, 5.74) is 0.779. The van der Waals surface area contributed by atoms with Gasteiger partial charge in [0.15, 0.2) is 5.96 Å². The molecule has 0 radical (unpaired) electrons. The number of amides is 1. The summed E-state index contributed by atoms with van der Waals surface area (Å²) in [6.45, 7) is 9.19. The van der Waals surface area contributed by atoms with Crippen molar-refractivity contribution >= 4 is 11.9 Å². The third kappa shape index (κ3) is 8.80. The molecular weight excluding hydrogens is 295 g/mol. The Morgan fingerprint density at radius 3 is 2.39 bits per heavy atom. The first kappa shape index (κ1) is 18.9. The van der Waals surface area contributed by atoms with Crippen molar-refractivity contribution in [3.63, 3.8) is 0 Å². The van der Waals surface area contributed by atoms with Gasteiger partial charge in [-0.25, -0.2) is 9.38 Å². The smallest absolute Gasteiger partial charge is 0.242 e. The third-order valence-electron chi connectivity index (χ3n) is 2.86. The fraction of sp³-hybridized carbons (Fsp3) is 0.529. The van der Waals surface area contributed by atoms with Crippen molar-refractivity contribution in [2.24, 2.45) is 4.99 Å². The number of benzene rings is 1. The van der Waals surface area contributed by atoms with Gasteiger partial charge >= 0.3 is 0 Å². The Kier molecular flexibility index (Phi) is 7.51. The van der Waals surface area contributed by atoms with E-state index in [4.69, 9.17) is 0 Å². The molecular formula is C17H27FN4O. The van der Waals surface area contributed by atoms with E-state index in [9.17, 15) is 9.18 Å². The average Bonchev–Trinajstić information content (AvgIpc) is 2.45. The number of halogens is 1. The molecule has 5 nitrogen and oxygen atoms in total. The summed E-state index contributed by atoms with van der Waals surface area (Å²) >= 11 is 0. The summed E-state index contributed by atoms with van der Waals surface area (Å²) in [5, 5.41) is 9.13. The van der Waals surface area contributed by atoms with Gasteiger partial charge in [0.25, 0.3) is 0 Å². The van der Waals surface area contributed by atoms with Crippen molar-refractivity contribution < 1.29 is 9.18 Å². The molecule has 0 atom stereocenters. The second-order valence-electron chi connectivity index (χ2n) is 6.30. The maximum Gasteiger partial charge on any atom is 0.242 e. The van der Waals surface area contributed by atoms with Crippen LogP contribution in [0.1, 0.15) is 33.3 Å². The van der Waals surface area contributed by atoms with Gasteiger partial charge in [-0.3, -0.25) is 4.79 Å². The minimum atomic E-state index is -0.263. The van der Waals surface area contributed by atoms with Gasteiger partial charge in [-0.2, -0.15) is 0 Å². The number of carbonyl (C=O) groups is 1. The van der Waals surface area contributed by atoms with E-state index < -0.39 is 0 Å². The number of rotatable bonds is 6. The van der Waals surface area contributed by atoms with E-state index >= 15 is 0 Å². The van der Waals surface area contributed by atoms with Gasteiger partial charge < -0.3 is 16.0 Å². The third-order valence-corrected chi connectivity index (χ3v) is 2.86. The van der Waals surface area contributed by atoms with E-state index in [1.165, 1.54) is 12.1 Å². The standard InChI is InChI=1S/C17H27FN4O/c1-5-19-16(21-12-15(23)22-17(2,3)4)20-11-10-13-6-8-14(18)9-7-13/h6-9H,5,10-12H2,1-4H3,(H,22,23)(H2,19,20,21). The average molecular weight is 322 g/mol. The molecule has 0 spiro atoms. The van der Waals surface area contributed by atoms with E-state index in [1.54, 1.807) is 12.1 Å². The van der Waals surface area contributed by atoms with Gasteiger partial charge in [0.05, 0.1) is 0 Å². The number of aliphatic imine (C=N–C) groups is 1. The van der Waals surface area contributed by atoms with Crippen LogP contribution in [0.15, 0.2) is 29.3 Å². The molecule has 1 aromatic rings. The van der Waals surface area contributed by atoms with Crippen LogP contribution in [0.25, 0.3) is 0 Å². The monoisotopic (exact) mass is 322 g/mol. The van der Waals surface area contributed by atoms with Crippen molar-refractivity contribution in [2.75, 3.05) is 19.6 Å². The molecule has 1 amide bonds. The molecule has 0 saturated heterocycles. The fourth-order valence-corrected chi connectivity index (χ4v) is 1.93. The van der Waals surface area contributed by atoms with Gasteiger partial charge in [-0.05, 0) is 51.8 Å².